The van der Waals surface area contributed by atoms with Crippen molar-refractivity contribution in [2.75, 3.05) is 32.1 Å². The Morgan fingerprint density at radius 1 is 1.25 bits per heavy atom. The molecule has 0 unspecified atom stereocenters. The minimum absolute atomic E-state index is 0.141. The molecule has 0 bridgehead atoms. The van der Waals surface area contributed by atoms with Gasteiger partial charge < -0.3 is 9.26 Å². The van der Waals surface area contributed by atoms with Crippen LogP contribution in [0.25, 0.3) is 0 Å². The van der Waals surface area contributed by atoms with Gasteiger partial charge >= 0.3 is 0 Å². The standard InChI is InChI=1S/C17H26N2O4S/c1-12-16(13(2)23-18-12)7-19-10-17(11-19)15(5-6-24(17,20)21)9-22-8-14-3-4-14/h14-15H,3-11H2,1-2H3/t15-/m0/s1. The van der Waals surface area contributed by atoms with Crippen LogP contribution in [0.1, 0.15) is 36.3 Å². The summed E-state index contributed by atoms with van der Waals surface area (Å²) in [7, 11) is -3.03. The molecule has 3 fully saturated rings. The fraction of sp³-hybridized carbons (Fsp3) is 0.824. The van der Waals surface area contributed by atoms with Crippen molar-refractivity contribution in [2.24, 2.45) is 11.8 Å². The van der Waals surface area contributed by atoms with Crippen molar-refractivity contribution in [3.05, 3.63) is 17.0 Å². The molecular weight excluding hydrogens is 328 g/mol. The maximum absolute atomic E-state index is 12.7. The Labute approximate surface area is 143 Å². The highest BCUT2D eigenvalue weighted by molar-refractivity contribution is 7.93. The molecular formula is C17H26N2O4S. The predicted octanol–water partition coefficient (Wildman–Crippen LogP) is 1.71. The molecule has 3 heterocycles. The Hall–Kier alpha value is -0.920. The maximum atomic E-state index is 12.7. The molecule has 0 radical (unpaired) electrons. The van der Waals surface area contributed by atoms with E-state index >= 15 is 0 Å². The van der Waals surface area contributed by atoms with Gasteiger partial charge in [0.05, 0.1) is 18.1 Å². The van der Waals surface area contributed by atoms with Crippen LogP contribution < -0.4 is 0 Å². The zero-order valence-electron chi connectivity index (χ0n) is 14.5. The van der Waals surface area contributed by atoms with Gasteiger partial charge in [-0.3, -0.25) is 4.90 Å². The third-order valence-corrected chi connectivity index (χ3v) is 8.62. The zero-order valence-corrected chi connectivity index (χ0v) is 15.3. The monoisotopic (exact) mass is 354 g/mol. The summed E-state index contributed by atoms with van der Waals surface area (Å²) >= 11 is 0. The highest BCUT2D eigenvalue weighted by atomic mass is 32.2. The van der Waals surface area contributed by atoms with E-state index < -0.39 is 14.6 Å². The van der Waals surface area contributed by atoms with Gasteiger partial charge in [-0.25, -0.2) is 8.42 Å². The first-order chi connectivity index (χ1) is 11.4. The molecule has 4 rings (SSSR count). The topological polar surface area (TPSA) is 72.6 Å². The van der Waals surface area contributed by atoms with Crippen molar-refractivity contribution in [3.63, 3.8) is 0 Å². The molecule has 24 heavy (non-hydrogen) atoms. The third-order valence-electron chi connectivity index (χ3n) is 6.01. The Bertz CT molecular complexity index is 697. The minimum Gasteiger partial charge on any atom is -0.381 e. The summed E-state index contributed by atoms with van der Waals surface area (Å²) in [6.45, 7) is 7.17. The van der Waals surface area contributed by atoms with E-state index in [9.17, 15) is 8.42 Å². The Balaban J connectivity index is 1.41. The van der Waals surface area contributed by atoms with Crippen molar-refractivity contribution in [1.29, 1.82) is 0 Å². The van der Waals surface area contributed by atoms with E-state index in [4.69, 9.17) is 9.26 Å². The number of likely N-dealkylation sites (tertiary alicyclic amines) is 1. The van der Waals surface area contributed by atoms with Crippen molar-refractivity contribution in [3.8, 4) is 0 Å². The summed E-state index contributed by atoms with van der Waals surface area (Å²) in [4.78, 5) is 2.20. The van der Waals surface area contributed by atoms with Crippen molar-refractivity contribution in [1.82, 2.24) is 10.1 Å². The number of hydrogen-bond donors (Lipinski definition) is 0. The second-order valence-electron chi connectivity index (χ2n) is 7.80. The van der Waals surface area contributed by atoms with Gasteiger partial charge in [0.2, 0.25) is 0 Å². The van der Waals surface area contributed by atoms with Gasteiger partial charge in [0.15, 0.2) is 9.84 Å². The second kappa shape index (κ2) is 5.81. The average molecular weight is 354 g/mol. The second-order valence-corrected chi connectivity index (χ2v) is 10.2. The summed E-state index contributed by atoms with van der Waals surface area (Å²) in [5, 5.41) is 3.98. The Kier molecular flexibility index (Phi) is 4.01. The van der Waals surface area contributed by atoms with Crippen LogP contribution in [-0.2, 0) is 21.1 Å². The first-order valence-electron chi connectivity index (χ1n) is 8.85. The molecule has 1 atom stereocenters. The summed E-state index contributed by atoms with van der Waals surface area (Å²) in [5.41, 5.74) is 1.98. The number of rotatable bonds is 6. The molecule has 2 saturated heterocycles. The zero-order chi connectivity index (χ0) is 16.9. The number of hydrogen-bond acceptors (Lipinski definition) is 6. The number of aryl methyl sites for hydroxylation is 2. The van der Waals surface area contributed by atoms with Crippen LogP contribution in [-0.4, -0.2) is 55.3 Å². The van der Waals surface area contributed by atoms with Crippen LogP contribution in [0.3, 0.4) is 0 Å². The van der Waals surface area contributed by atoms with Crippen LogP contribution in [0.5, 0.6) is 0 Å². The number of sulfone groups is 1. The highest BCUT2D eigenvalue weighted by Crippen LogP contribution is 2.45. The summed E-state index contributed by atoms with van der Waals surface area (Å²) < 4.78 is 35.8. The molecule has 1 aliphatic carbocycles. The lowest BCUT2D eigenvalue weighted by atomic mass is 9.83. The van der Waals surface area contributed by atoms with E-state index in [-0.39, 0.29) is 5.92 Å². The van der Waals surface area contributed by atoms with E-state index in [1.807, 2.05) is 13.8 Å². The van der Waals surface area contributed by atoms with Crippen LogP contribution in [0.4, 0.5) is 0 Å². The molecule has 134 valence electrons. The van der Waals surface area contributed by atoms with Gasteiger partial charge in [-0.15, -0.1) is 0 Å². The molecule has 6 nitrogen and oxygen atoms in total. The van der Waals surface area contributed by atoms with Crippen molar-refractivity contribution < 1.29 is 17.7 Å². The lowest BCUT2D eigenvalue weighted by Crippen LogP contribution is -2.67. The van der Waals surface area contributed by atoms with Crippen LogP contribution >= 0.6 is 0 Å². The fourth-order valence-electron chi connectivity index (χ4n) is 4.14. The predicted molar refractivity (Wildman–Crippen MR) is 89.4 cm³/mol. The third kappa shape index (κ3) is 2.70. The molecule has 1 aromatic rings. The van der Waals surface area contributed by atoms with Gasteiger partial charge in [0.1, 0.15) is 10.5 Å². The maximum Gasteiger partial charge on any atom is 0.158 e. The smallest absolute Gasteiger partial charge is 0.158 e. The molecule has 1 spiro atoms. The molecule has 1 aromatic heterocycles. The Morgan fingerprint density at radius 3 is 2.62 bits per heavy atom. The van der Waals surface area contributed by atoms with Crippen molar-refractivity contribution in [2.45, 2.75) is 44.4 Å². The SMILES string of the molecule is Cc1noc(C)c1CN1CC2(C1)[C@H](COCC1CC1)CCS2(=O)=O. The summed E-state index contributed by atoms with van der Waals surface area (Å²) in [6.07, 6.45) is 3.27. The van der Waals surface area contributed by atoms with E-state index in [1.54, 1.807) is 0 Å². The molecule has 1 saturated carbocycles. The van der Waals surface area contributed by atoms with Gasteiger partial charge in [-0.1, -0.05) is 5.16 Å². The summed E-state index contributed by atoms with van der Waals surface area (Å²) in [6, 6.07) is 0. The normalized spacial score (nSPS) is 28.3. The minimum atomic E-state index is -3.03. The van der Waals surface area contributed by atoms with E-state index in [2.05, 4.69) is 10.1 Å². The van der Waals surface area contributed by atoms with Gasteiger partial charge in [-0.2, -0.15) is 0 Å². The molecule has 0 N–H and O–H groups in total. The molecule has 0 amide bonds. The highest BCUT2D eigenvalue weighted by Gasteiger charge is 2.61. The number of aromatic nitrogens is 1. The van der Waals surface area contributed by atoms with Gasteiger partial charge in [0.25, 0.3) is 0 Å². The van der Waals surface area contributed by atoms with E-state index in [0.717, 1.165) is 36.0 Å². The van der Waals surface area contributed by atoms with Crippen molar-refractivity contribution >= 4 is 9.84 Å². The van der Waals surface area contributed by atoms with E-state index in [0.29, 0.717) is 32.0 Å². The van der Waals surface area contributed by atoms with Crippen LogP contribution in [0.2, 0.25) is 0 Å². The first-order valence-corrected chi connectivity index (χ1v) is 10.5. The molecule has 0 aromatic carbocycles. The Morgan fingerprint density at radius 2 is 2.00 bits per heavy atom. The van der Waals surface area contributed by atoms with Gasteiger partial charge in [-0.05, 0) is 39.0 Å². The van der Waals surface area contributed by atoms with Crippen LogP contribution in [0, 0.1) is 25.7 Å². The first kappa shape index (κ1) is 16.5. The lowest BCUT2D eigenvalue weighted by Gasteiger charge is -2.50. The van der Waals surface area contributed by atoms with Gasteiger partial charge in [0, 0.05) is 37.7 Å². The van der Waals surface area contributed by atoms with E-state index in [1.165, 1.54) is 12.8 Å². The summed E-state index contributed by atoms with van der Waals surface area (Å²) in [5.74, 6) is 1.99. The number of ether oxygens (including phenoxy) is 1. The van der Waals surface area contributed by atoms with Crippen LogP contribution in [0.15, 0.2) is 4.52 Å². The molecule has 3 aliphatic rings. The quantitative estimate of drug-likeness (QED) is 0.774. The molecule has 2 aliphatic heterocycles. The number of nitrogens with zero attached hydrogens (tertiary/aromatic N) is 2. The fourth-order valence-corrected chi connectivity index (χ4v) is 6.60. The average Bonchev–Trinajstić information content (AvgIpc) is 3.20. The molecule has 7 heteroatoms. The largest absolute Gasteiger partial charge is 0.381 e. The lowest BCUT2D eigenvalue weighted by molar-refractivity contribution is 0.0225.